The molecule has 2 aromatic carbocycles. The van der Waals surface area contributed by atoms with E-state index >= 15 is 0 Å². The van der Waals surface area contributed by atoms with Crippen LogP contribution in [0.15, 0.2) is 48.5 Å². The summed E-state index contributed by atoms with van der Waals surface area (Å²) in [6.07, 6.45) is 4.73. The number of nitrogens with zero attached hydrogens (tertiary/aromatic N) is 1. The molecule has 4 rings (SSSR count). The van der Waals surface area contributed by atoms with Crippen LogP contribution in [0.3, 0.4) is 0 Å². The summed E-state index contributed by atoms with van der Waals surface area (Å²) < 4.78 is 5.98. The molecule has 2 aliphatic rings. The first kappa shape index (κ1) is 18.1. The Labute approximate surface area is 160 Å². The summed E-state index contributed by atoms with van der Waals surface area (Å²) in [5, 5.41) is 11.6. The molecule has 142 valence electrons. The first-order chi connectivity index (χ1) is 13.1. The molecule has 1 saturated carbocycles. The lowest BCUT2D eigenvalue weighted by Crippen LogP contribution is -2.43. The van der Waals surface area contributed by atoms with Gasteiger partial charge in [0, 0.05) is 12.1 Å². The predicted octanol–water partition coefficient (Wildman–Crippen LogP) is 4.47. The number of ether oxygens (including phenoxy) is 1. The minimum Gasteiger partial charge on any atom is -0.492 e. The topological polar surface area (TPSA) is 49.8 Å². The molecule has 0 radical (unpaired) electrons. The van der Waals surface area contributed by atoms with Crippen molar-refractivity contribution >= 4 is 5.91 Å². The third-order valence-electron chi connectivity index (χ3n) is 5.60. The summed E-state index contributed by atoms with van der Waals surface area (Å²) in [6.45, 7) is 3.13. The molecule has 1 heterocycles. The molecule has 1 atom stereocenters. The number of carbonyl (C=O) groups excluding carboxylic acids is 1. The Morgan fingerprint density at radius 1 is 1.15 bits per heavy atom. The molecule has 1 unspecified atom stereocenters. The van der Waals surface area contributed by atoms with Crippen molar-refractivity contribution in [3.8, 4) is 5.75 Å². The average Bonchev–Trinajstić information content (AvgIpc) is 3.50. The van der Waals surface area contributed by atoms with Gasteiger partial charge in [-0.05, 0) is 43.2 Å². The molecule has 1 N–H and O–H groups in total. The third-order valence-corrected chi connectivity index (χ3v) is 5.60. The van der Waals surface area contributed by atoms with E-state index in [4.69, 9.17) is 4.74 Å². The number of carbonyl (C=O) groups is 1. The van der Waals surface area contributed by atoms with Crippen molar-refractivity contribution in [2.24, 2.45) is 5.92 Å². The Hall–Kier alpha value is -2.33. The van der Waals surface area contributed by atoms with E-state index in [1.54, 1.807) is 4.90 Å². The number of amides is 1. The monoisotopic (exact) mass is 365 g/mol. The van der Waals surface area contributed by atoms with E-state index in [0.717, 1.165) is 18.4 Å². The van der Waals surface area contributed by atoms with E-state index in [1.165, 1.54) is 12.8 Å². The van der Waals surface area contributed by atoms with Crippen LogP contribution in [0.1, 0.15) is 60.5 Å². The van der Waals surface area contributed by atoms with Crippen LogP contribution in [0.2, 0.25) is 0 Å². The average molecular weight is 365 g/mol. The normalized spacial score (nSPS) is 21.4. The zero-order valence-corrected chi connectivity index (χ0v) is 15.9. The van der Waals surface area contributed by atoms with E-state index in [9.17, 15) is 9.90 Å². The van der Waals surface area contributed by atoms with Crippen LogP contribution in [0.4, 0.5) is 0 Å². The number of benzene rings is 2. The van der Waals surface area contributed by atoms with Crippen molar-refractivity contribution in [2.45, 2.75) is 51.3 Å². The molecule has 1 aliphatic carbocycles. The Morgan fingerprint density at radius 2 is 1.93 bits per heavy atom. The van der Waals surface area contributed by atoms with Gasteiger partial charge in [0.2, 0.25) is 0 Å². The maximum Gasteiger partial charge on any atom is 0.260 e. The van der Waals surface area contributed by atoms with E-state index < -0.39 is 5.72 Å². The SMILES string of the molecule is CCCCC1(O)c2cccc(OCC3CC3)c2C(=O)N1Cc1ccccc1. The van der Waals surface area contributed by atoms with Gasteiger partial charge in [-0.1, -0.05) is 55.8 Å². The molecule has 1 amide bonds. The number of hydrogen-bond acceptors (Lipinski definition) is 3. The molecule has 0 bridgehead atoms. The molecule has 27 heavy (non-hydrogen) atoms. The van der Waals surface area contributed by atoms with Crippen LogP contribution < -0.4 is 4.74 Å². The Kier molecular flexibility index (Phi) is 4.92. The zero-order valence-electron chi connectivity index (χ0n) is 15.9. The summed E-state index contributed by atoms with van der Waals surface area (Å²) in [4.78, 5) is 15.0. The molecular formula is C23H27NO3. The number of rotatable bonds is 8. The van der Waals surface area contributed by atoms with Crippen molar-refractivity contribution in [3.05, 3.63) is 65.2 Å². The van der Waals surface area contributed by atoms with Crippen LogP contribution in [-0.4, -0.2) is 22.5 Å². The fourth-order valence-corrected chi connectivity index (χ4v) is 3.81. The van der Waals surface area contributed by atoms with Gasteiger partial charge in [0.1, 0.15) is 5.75 Å². The van der Waals surface area contributed by atoms with Crippen LogP contribution >= 0.6 is 0 Å². The number of fused-ring (bicyclic) bond motifs is 1. The van der Waals surface area contributed by atoms with Crippen molar-refractivity contribution in [1.82, 2.24) is 4.90 Å². The van der Waals surface area contributed by atoms with Gasteiger partial charge in [-0.3, -0.25) is 4.79 Å². The minimum absolute atomic E-state index is 0.140. The fourth-order valence-electron chi connectivity index (χ4n) is 3.81. The van der Waals surface area contributed by atoms with Crippen LogP contribution in [0.5, 0.6) is 5.75 Å². The van der Waals surface area contributed by atoms with Crippen molar-refractivity contribution < 1.29 is 14.6 Å². The summed E-state index contributed by atoms with van der Waals surface area (Å²) in [5.41, 5.74) is 0.948. The largest absolute Gasteiger partial charge is 0.492 e. The van der Waals surface area contributed by atoms with Crippen LogP contribution in [0.25, 0.3) is 0 Å². The van der Waals surface area contributed by atoms with Gasteiger partial charge >= 0.3 is 0 Å². The second-order valence-corrected chi connectivity index (χ2v) is 7.73. The van der Waals surface area contributed by atoms with Gasteiger partial charge in [0.05, 0.1) is 12.2 Å². The van der Waals surface area contributed by atoms with E-state index in [0.29, 0.717) is 42.4 Å². The van der Waals surface area contributed by atoms with Gasteiger partial charge in [0.25, 0.3) is 5.91 Å². The third kappa shape index (κ3) is 3.46. The molecule has 0 aromatic heterocycles. The van der Waals surface area contributed by atoms with Crippen molar-refractivity contribution in [1.29, 1.82) is 0 Å². The second-order valence-electron chi connectivity index (χ2n) is 7.73. The standard InChI is InChI=1S/C23H27NO3/c1-2-3-14-23(26)19-10-7-11-20(27-16-18-12-13-18)21(19)22(25)24(23)15-17-8-5-4-6-9-17/h4-11,18,26H,2-3,12-16H2,1H3. The molecule has 4 heteroatoms. The quantitative estimate of drug-likeness (QED) is 0.751. The van der Waals surface area contributed by atoms with Crippen molar-refractivity contribution in [3.63, 3.8) is 0 Å². The highest BCUT2D eigenvalue weighted by Gasteiger charge is 2.49. The Morgan fingerprint density at radius 3 is 2.63 bits per heavy atom. The van der Waals surface area contributed by atoms with E-state index in [-0.39, 0.29) is 5.91 Å². The van der Waals surface area contributed by atoms with Gasteiger partial charge < -0.3 is 14.7 Å². The Balaban J connectivity index is 1.69. The number of hydrogen-bond donors (Lipinski definition) is 1. The van der Waals surface area contributed by atoms with Gasteiger partial charge in [0.15, 0.2) is 5.72 Å². The highest BCUT2D eigenvalue weighted by molar-refractivity contribution is 6.02. The summed E-state index contributed by atoms with van der Waals surface area (Å²) in [5.74, 6) is 1.07. The maximum absolute atomic E-state index is 13.3. The second kappa shape index (κ2) is 7.35. The molecule has 2 aromatic rings. The minimum atomic E-state index is -1.28. The first-order valence-corrected chi connectivity index (χ1v) is 9.98. The number of aliphatic hydroxyl groups is 1. The van der Waals surface area contributed by atoms with Gasteiger partial charge in [-0.15, -0.1) is 0 Å². The molecule has 0 saturated heterocycles. The lowest BCUT2D eigenvalue weighted by Gasteiger charge is -2.34. The maximum atomic E-state index is 13.3. The Bertz CT molecular complexity index is 816. The molecule has 1 aliphatic heterocycles. The molecule has 4 nitrogen and oxygen atoms in total. The highest BCUT2D eigenvalue weighted by atomic mass is 16.5. The van der Waals surface area contributed by atoms with Gasteiger partial charge in [-0.25, -0.2) is 0 Å². The van der Waals surface area contributed by atoms with Crippen LogP contribution in [0, 0.1) is 5.92 Å². The zero-order chi connectivity index (χ0) is 18.9. The summed E-state index contributed by atoms with van der Waals surface area (Å²) in [7, 11) is 0. The summed E-state index contributed by atoms with van der Waals surface area (Å²) in [6, 6.07) is 15.5. The first-order valence-electron chi connectivity index (χ1n) is 9.98. The van der Waals surface area contributed by atoms with Crippen molar-refractivity contribution in [2.75, 3.05) is 6.61 Å². The van der Waals surface area contributed by atoms with Gasteiger partial charge in [-0.2, -0.15) is 0 Å². The van der Waals surface area contributed by atoms with Crippen LogP contribution in [-0.2, 0) is 12.3 Å². The summed E-state index contributed by atoms with van der Waals surface area (Å²) >= 11 is 0. The number of unbranched alkanes of at least 4 members (excludes halogenated alkanes) is 1. The van der Waals surface area contributed by atoms with E-state index in [1.807, 2.05) is 48.5 Å². The highest BCUT2D eigenvalue weighted by Crippen LogP contribution is 2.45. The lowest BCUT2D eigenvalue weighted by molar-refractivity contribution is -0.0956. The molecule has 1 fully saturated rings. The smallest absolute Gasteiger partial charge is 0.260 e. The van der Waals surface area contributed by atoms with E-state index in [2.05, 4.69) is 6.92 Å². The fraction of sp³-hybridized carbons (Fsp3) is 0.435. The lowest BCUT2D eigenvalue weighted by atomic mass is 9.95. The molecule has 0 spiro atoms. The molecular weight excluding hydrogens is 338 g/mol. The predicted molar refractivity (Wildman–Crippen MR) is 104 cm³/mol.